The van der Waals surface area contributed by atoms with Gasteiger partial charge in [0.1, 0.15) is 0 Å². The number of unbranched alkanes of at least 4 members (excludes halogenated alkanes) is 2. The van der Waals surface area contributed by atoms with Gasteiger partial charge in [-0.05, 0) is 49.4 Å². The normalized spacial score (nSPS) is 11.4. The maximum Gasteiger partial charge on any atom is 0.267 e. The molecule has 0 unspecified atom stereocenters. The van der Waals surface area contributed by atoms with Crippen LogP contribution in [0.1, 0.15) is 24.8 Å². The molecule has 26 heavy (non-hydrogen) atoms. The first-order chi connectivity index (χ1) is 12.5. The summed E-state index contributed by atoms with van der Waals surface area (Å²) in [5.41, 5.74) is 3.03. The van der Waals surface area contributed by atoms with Crippen LogP contribution >= 0.6 is 0 Å². The molecule has 1 amide bonds. The van der Waals surface area contributed by atoms with Gasteiger partial charge in [-0.15, -0.1) is 0 Å². The molecular weight excluding hydrogens is 352 g/mol. The molecule has 0 aromatic heterocycles. The topological polar surface area (TPSA) is 95.5 Å². The number of rotatable bonds is 9. The molecule has 0 radical (unpaired) electrons. The Morgan fingerprint density at radius 1 is 1.00 bits per heavy atom. The Bertz CT molecular complexity index is 849. The Hall–Kier alpha value is -2.64. The van der Waals surface area contributed by atoms with Crippen molar-refractivity contribution in [3.63, 3.8) is 0 Å². The summed E-state index contributed by atoms with van der Waals surface area (Å²) in [7, 11) is -3.62. The zero-order valence-corrected chi connectivity index (χ0v) is 15.1. The van der Waals surface area contributed by atoms with E-state index in [2.05, 4.69) is 4.72 Å². The zero-order chi connectivity index (χ0) is 18.8. The van der Waals surface area contributed by atoms with Crippen LogP contribution in [0.3, 0.4) is 0 Å². The highest BCUT2D eigenvalue weighted by molar-refractivity contribution is 7.92. The molecule has 0 bridgehead atoms. The highest BCUT2D eigenvalue weighted by Crippen LogP contribution is 2.21. The van der Waals surface area contributed by atoms with Gasteiger partial charge in [-0.25, -0.2) is 13.9 Å². The summed E-state index contributed by atoms with van der Waals surface area (Å²) in [6.07, 6.45) is 6.07. The van der Waals surface area contributed by atoms with Crippen molar-refractivity contribution in [2.75, 3.05) is 4.72 Å². The summed E-state index contributed by atoms with van der Waals surface area (Å²) in [5.74, 6) is -0.550. The molecule has 6 nitrogen and oxygen atoms in total. The Kier molecular flexibility index (Phi) is 7.37. The maximum atomic E-state index is 12.5. The van der Waals surface area contributed by atoms with Crippen LogP contribution in [0.4, 0.5) is 5.69 Å². The molecule has 3 N–H and O–H groups in total. The fraction of sp³-hybridized carbons (Fsp3) is 0.211. The summed E-state index contributed by atoms with van der Waals surface area (Å²) in [6, 6.07) is 15.6. The number of amides is 1. The molecule has 2 aromatic carbocycles. The number of benzene rings is 2. The first kappa shape index (κ1) is 19.7. The van der Waals surface area contributed by atoms with Gasteiger partial charge in [0.05, 0.1) is 10.6 Å². The molecule has 0 spiro atoms. The van der Waals surface area contributed by atoms with E-state index in [1.165, 1.54) is 11.6 Å². The predicted octanol–water partition coefficient (Wildman–Crippen LogP) is 3.26. The van der Waals surface area contributed by atoms with Crippen molar-refractivity contribution in [2.24, 2.45) is 0 Å². The molecule has 0 heterocycles. The second-order valence-electron chi connectivity index (χ2n) is 5.70. The lowest BCUT2D eigenvalue weighted by atomic mass is 10.1. The van der Waals surface area contributed by atoms with E-state index in [1.54, 1.807) is 48.5 Å². The van der Waals surface area contributed by atoms with Crippen molar-refractivity contribution < 1.29 is 18.4 Å². The van der Waals surface area contributed by atoms with Gasteiger partial charge < -0.3 is 0 Å². The molecule has 0 aliphatic carbocycles. The minimum atomic E-state index is -3.62. The first-order valence-corrected chi connectivity index (χ1v) is 9.77. The van der Waals surface area contributed by atoms with Crippen molar-refractivity contribution >= 4 is 21.6 Å². The number of hydrogen-bond acceptors (Lipinski definition) is 4. The second-order valence-corrected chi connectivity index (χ2v) is 7.38. The smallest absolute Gasteiger partial charge is 0.267 e. The van der Waals surface area contributed by atoms with Crippen LogP contribution in [0, 0.1) is 0 Å². The van der Waals surface area contributed by atoms with Crippen molar-refractivity contribution in [3.8, 4) is 0 Å². The minimum absolute atomic E-state index is 0.224. The Morgan fingerprint density at radius 2 is 1.69 bits per heavy atom. The highest BCUT2D eigenvalue weighted by atomic mass is 32.2. The number of carbonyl (C=O) groups is 1. The summed E-state index contributed by atoms with van der Waals surface area (Å²) in [6.45, 7) is 0. The number of carbonyl (C=O) groups excluding carboxylic acids is 1. The lowest BCUT2D eigenvalue weighted by Gasteiger charge is -2.12. The van der Waals surface area contributed by atoms with Crippen LogP contribution in [0.5, 0.6) is 0 Å². The number of sulfonamides is 1. The first-order valence-electron chi connectivity index (χ1n) is 8.29. The predicted molar refractivity (Wildman–Crippen MR) is 100 cm³/mol. The van der Waals surface area contributed by atoms with E-state index in [-0.39, 0.29) is 4.90 Å². The molecule has 0 saturated carbocycles. The van der Waals surface area contributed by atoms with Gasteiger partial charge in [-0.1, -0.05) is 42.5 Å². The van der Waals surface area contributed by atoms with E-state index < -0.39 is 15.9 Å². The summed E-state index contributed by atoms with van der Waals surface area (Å²) < 4.78 is 27.6. The lowest BCUT2D eigenvalue weighted by Crippen LogP contribution is -2.14. The summed E-state index contributed by atoms with van der Waals surface area (Å²) in [4.78, 5) is 11.1. The molecule has 0 atom stereocenters. The van der Waals surface area contributed by atoms with Crippen LogP contribution in [0.2, 0.25) is 0 Å². The fourth-order valence-corrected chi connectivity index (χ4v) is 3.57. The fourth-order valence-electron chi connectivity index (χ4n) is 2.45. The number of anilines is 1. The highest BCUT2D eigenvalue weighted by Gasteiger charge is 2.15. The molecule has 7 heteroatoms. The van der Waals surface area contributed by atoms with Gasteiger partial charge in [0.2, 0.25) is 0 Å². The maximum absolute atomic E-state index is 12.5. The van der Waals surface area contributed by atoms with Gasteiger partial charge in [-0.2, -0.15) is 0 Å². The van der Waals surface area contributed by atoms with Crippen LogP contribution < -0.4 is 10.2 Å². The Morgan fingerprint density at radius 3 is 2.42 bits per heavy atom. The number of aryl methyl sites for hydroxylation is 1. The van der Waals surface area contributed by atoms with Gasteiger partial charge >= 0.3 is 0 Å². The van der Waals surface area contributed by atoms with Gasteiger partial charge in [-0.3, -0.25) is 14.7 Å². The van der Waals surface area contributed by atoms with E-state index in [0.29, 0.717) is 18.5 Å². The largest absolute Gasteiger partial charge is 0.288 e. The van der Waals surface area contributed by atoms with Crippen LogP contribution in [-0.4, -0.2) is 19.5 Å². The van der Waals surface area contributed by atoms with E-state index in [4.69, 9.17) is 5.21 Å². The number of para-hydroxylation sites is 1. The third-order valence-corrected chi connectivity index (χ3v) is 5.14. The molecule has 0 fully saturated rings. The molecule has 0 aliphatic rings. The van der Waals surface area contributed by atoms with Crippen molar-refractivity contribution in [1.82, 2.24) is 5.48 Å². The lowest BCUT2D eigenvalue weighted by molar-refractivity contribution is -0.124. The number of nitrogens with one attached hydrogen (secondary N) is 2. The molecular formula is C19H22N2O4S. The molecule has 0 saturated heterocycles. The SMILES string of the molecule is O=C(C=CCCCCc1ccccc1NS(=O)(=O)c1ccccc1)NO. The third-order valence-electron chi connectivity index (χ3n) is 3.76. The van der Waals surface area contributed by atoms with Crippen LogP contribution in [0.25, 0.3) is 0 Å². The van der Waals surface area contributed by atoms with Gasteiger partial charge in [0.15, 0.2) is 0 Å². The van der Waals surface area contributed by atoms with Crippen LogP contribution in [-0.2, 0) is 21.2 Å². The van der Waals surface area contributed by atoms with Crippen molar-refractivity contribution in [2.45, 2.75) is 30.6 Å². The van der Waals surface area contributed by atoms with E-state index in [9.17, 15) is 13.2 Å². The minimum Gasteiger partial charge on any atom is -0.288 e. The van der Waals surface area contributed by atoms with Gasteiger partial charge in [0.25, 0.3) is 15.9 Å². The van der Waals surface area contributed by atoms with E-state index in [1.807, 2.05) is 12.1 Å². The standard InChI is InChI=1S/C19H22N2O4S/c22-19(20-23)15-7-2-1-4-10-16-11-8-9-14-18(16)21-26(24,25)17-12-5-3-6-13-17/h3,5-9,11-15,21,23H,1-2,4,10H2,(H,20,22). The monoisotopic (exact) mass is 374 g/mol. The quantitative estimate of drug-likeness (QED) is 0.272. The second kappa shape index (κ2) is 9.74. The molecule has 2 aromatic rings. The van der Waals surface area contributed by atoms with Crippen molar-refractivity contribution in [3.05, 3.63) is 72.3 Å². The Labute approximate surface area is 153 Å². The van der Waals surface area contributed by atoms with E-state index >= 15 is 0 Å². The van der Waals surface area contributed by atoms with E-state index in [0.717, 1.165) is 18.4 Å². The van der Waals surface area contributed by atoms with Gasteiger partial charge in [0, 0.05) is 6.08 Å². The zero-order valence-electron chi connectivity index (χ0n) is 14.3. The number of hydroxylamine groups is 1. The average molecular weight is 374 g/mol. The third kappa shape index (κ3) is 6.02. The van der Waals surface area contributed by atoms with Crippen LogP contribution in [0.15, 0.2) is 71.6 Å². The molecule has 2 rings (SSSR count). The average Bonchev–Trinajstić information content (AvgIpc) is 2.66. The molecule has 0 aliphatic heterocycles. The number of hydrogen-bond donors (Lipinski definition) is 3. The van der Waals surface area contributed by atoms with Crippen molar-refractivity contribution in [1.29, 1.82) is 0 Å². The molecule has 138 valence electrons. The summed E-state index contributed by atoms with van der Waals surface area (Å²) in [5, 5.41) is 8.39. The Balaban J connectivity index is 1.96. The number of allylic oxidation sites excluding steroid dienone is 1. The summed E-state index contributed by atoms with van der Waals surface area (Å²) >= 11 is 0.